The third-order valence-electron chi connectivity index (χ3n) is 12.1. The number of aromatic nitrogens is 3. The van der Waals surface area contributed by atoms with Crippen molar-refractivity contribution in [1.29, 1.82) is 0 Å². The quantitative estimate of drug-likeness (QED) is 0.0945. The Balaban J connectivity index is 1.34. The van der Waals surface area contributed by atoms with Crippen LogP contribution >= 0.6 is 0 Å². The molecule has 3 aliphatic rings. The average molecular weight is 764 g/mol. The minimum absolute atomic E-state index is 0.00965. The molecule has 2 aromatic heterocycles. The summed E-state index contributed by atoms with van der Waals surface area (Å²) in [5.74, 6) is 3.54. The van der Waals surface area contributed by atoms with Crippen molar-refractivity contribution in [1.82, 2.24) is 19.9 Å². The van der Waals surface area contributed by atoms with E-state index < -0.39 is 24.9 Å². The molecule has 0 spiro atoms. The molecule has 4 heterocycles. The van der Waals surface area contributed by atoms with Gasteiger partial charge in [0.2, 0.25) is 0 Å². The van der Waals surface area contributed by atoms with Crippen molar-refractivity contribution in [3.05, 3.63) is 54.0 Å². The Morgan fingerprint density at radius 2 is 1.64 bits per heavy atom. The van der Waals surface area contributed by atoms with Crippen LogP contribution in [0, 0.1) is 22.7 Å². The van der Waals surface area contributed by atoms with Gasteiger partial charge in [0.1, 0.15) is 43.6 Å². The number of aldehydes is 1. The van der Waals surface area contributed by atoms with Gasteiger partial charge >= 0.3 is 12.1 Å². The van der Waals surface area contributed by atoms with E-state index in [2.05, 4.69) is 62.9 Å². The monoisotopic (exact) mass is 763 g/mol. The molecule has 1 saturated carbocycles. The van der Waals surface area contributed by atoms with Gasteiger partial charge in [-0.05, 0) is 74.5 Å². The molecule has 7 rings (SSSR count). The maximum absolute atomic E-state index is 17.3. The number of amides is 1. The van der Waals surface area contributed by atoms with E-state index in [0.717, 1.165) is 48.3 Å². The third kappa shape index (κ3) is 7.18. The van der Waals surface area contributed by atoms with E-state index in [9.17, 15) is 9.59 Å². The van der Waals surface area contributed by atoms with E-state index >= 15 is 4.39 Å². The molecule has 1 aliphatic carbocycles. The molecule has 2 aliphatic heterocycles. The van der Waals surface area contributed by atoms with Crippen LogP contribution in [-0.4, -0.2) is 77.7 Å². The topological polar surface area (TPSA) is 97.8 Å². The standard InChI is InChI=1S/C44H54FN5O4Si/c1-27(2)55(28(3)4,29(5)6)21-18-31-13-10-12-30-14-11-15-34(36(30)31)38-37(45)39-35(22-46-38)40(48-41(47-39)53-26-44(25-51)19-20-44)49-23-32-16-17-33(24-49)50(32)42(52)54-43(7,8)9/h10-15,22,25,27-29,32-33H,16-17,19-20,23-24,26H2,1-9H3. The van der Waals surface area contributed by atoms with E-state index in [1.54, 1.807) is 6.20 Å². The van der Waals surface area contributed by atoms with E-state index in [0.29, 0.717) is 46.5 Å². The summed E-state index contributed by atoms with van der Waals surface area (Å²) in [6.45, 7) is 20.5. The molecule has 9 nitrogen and oxygen atoms in total. The summed E-state index contributed by atoms with van der Waals surface area (Å²) in [6, 6.07) is 11.7. The number of pyridine rings is 1. The minimum Gasteiger partial charge on any atom is -0.462 e. The number of benzene rings is 2. The van der Waals surface area contributed by atoms with Crippen LogP contribution in [0.2, 0.25) is 16.6 Å². The second-order valence-corrected chi connectivity index (χ2v) is 23.4. The van der Waals surface area contributed by atoms with Crippen molar-refractivity contribution in [2.75, 3.05) is 24.6 Å². The number of halogens is 1. The number of ether oxygens (including phenoxy) is 2. The molecule has 55 heavy (non-hydrogen) atoms. The van der Waals surface area contributed by atoms with Gasteiger partial charge in [0, 0.05) is 35.8 Å². The highest BCUT2D eigenvalue weighted by atomic mass is 28.3. The normalized spacial score (nSPS) is 19.3. The van der Waals surface area contributed by atoms with Crippen LogP contribution in [0.5, 0.6) is 6.01 Å². The lowest BCUT2D eigenvalue weighted by Crippen LogP contribution is -2.57. The van der Waals surface area contributed by atoms with E-state index in [1.165, 1.54) is 0 Å². The van der Waals surface area contributed by atoms with Crippen molar-refractivity contribution in [2.45, 2.75) is 122 Å². The van der Waals surface area contributed by atoms with Crippen LogP contribution in [-0.2, 0) is 9.53 Å². The Morgan fingerprint density at radius 3 is 2.22 bits per heavy atom. The number of fused-ring (bicyclic) bond motifs is 4. The molecule has 11 heteroatoms. The summed E-state index contributed by atoms with van der Waals surface area (Å²) in [6.07, 6.45) is 5.39. The highest BCUT2D eigenvalue weighted by molar-refractivity contribution is 6.90. The molecule has 4 aromatic rings. The minimum atomic E-state index is -2.05. The smallest absolute Gasteiger partial charge is 0.410 e. The molecule has 1 amide bonds. The molecule has 0 N–H and O–H groups in total. The largest absolute Gasteiger partial charge is 0.462 e. The molecule has 290 valence electrons. The maximum atomic E-state index is 17.3. The lowest BCUT2D eigenvalue weighted by Gasteiger charge is -2.42. The van der Waals surface area contributed by atoms with Gasteiger partial charge in [-0.1, -0.05) is 77.8 Å². The molecule has 2 aromatic carbocycles. The highest BCUT2D eigenvalue weighted by Crippen LogP contribution is 2.45. The zero-order chi connectivity index (χ0) is 39.4. The predicted molar refractivity (Wildman–Crippen MR) is 218 cm³/mol. The molecule has 2 saturated heterocycles. The zero-order valence-electron chi connectivity index (χ0n) is 33.7. The fourth-order valence-corrected chi connectivity index (χ4v) is 14.3. The maximum Gasteiger partial charge on any atom is 0.410 e. The Bertz CT molecular complexity index is 2160. The van der Waals surface area contributed by atoms with Gasteiger partial charge in [-0.2, -0.15) is 9.97 Å². The number of rotatable bonds is 9. The first-order chi connectivity index (χ1) is 26.1. The first kappa shape index (κ1) is 38.7. The Morgan fingerprint density at radius 1 is 1.00 bits per heavy atom. The third-order valence-corrected chi connectivity index (χ3v) is 18.4. The van der Waals surface area contributed by atoms with E-state index in [4.69, 9.17) is 19.4 Å². The van der Waals surface area contributed by atoms with Crippen molar-refractivity contribution in [3.8, 4) is 28.7 Å². The first-order valence-electron chi connectivity index (χ1n) is 19.8. The summed E-state index contributed by atoms with van der Waals surface area (Å²) >= 11 is 0. The van der Waals surface area contributed by atoms with Crippen LogP contribution in [0.1, 0.15) is 93.6 Å². The van der Waals surface area contributed by atoms with Gasteiger partial charge < -0.3 is 19.2 Å². The molecular formula is C44H54FN5O4Si. The van der Waals surface area contributed by atoms with Crippen LogP contribution in [0.3, 0.4) is 0 Å². The van der Waals surface area contributed by atoms with Crippen LogP contribution in [0.15, 0.2) is 42.6 Å². The van der Waals surface area contributed by atoms with Crippen LogP contribution in [0.25, 0.3) is 32.9 Å². The van der Waals surface area contributed by atoms with Crippen molar-refractivity contribution in [3.63, 3.8) is 0 Å². The lowest BCUT2D eigenvalue weighted by molar-refractivity contribution is -0.113. The van der Waals surface area contributed by atoms with Gasteiger partial charge in [0.25, 0.3) is 0 Å². The summed E-state index contributed by atoms with van der Waals surface area (Å²) in [7, 11) is -2.05. The Kier molecular flexibility index (Phi) is 10.2. The number of piperazine rings is 1. The molecule has 0 radical (unpaired) electrons. The van der Waals surface area contributed by atoms with Crippen molar-refractivity contribution in [2.24, 2.45) is 5.41 Å². The van der Waals surface area contributed by atoms with Gasteiger partial charge in [-0.15, -0.1) is 5.54 Å². The van der Waals surface area contributed by atoms with Gasteiger partial charge in [0.05, 0.1) is 22.9 Å². The summed E-state index contributed by atoms with van der Waals surface area (Å²) in [5, 5.41) is 2.26. The fourth-order valence-electron chi connectivity index (χ4n) is 9.12. The average Bonchev–Trinajstić information content (AvgIpc) is 3.86. The number of hydrogen-bond acceptors (Lipinski definition) is 8. The summed E-state index contributed by atoms with van der Waals surface area (Å²) < 4.78 is 29.2. The molecule has 3 fully saturated rings. The van der Waals surface area contributed by atoms with Crippen molar-refractivity contribution < 1.29 is 23.5 Å². The van der Waals surface area contributed by atoms with Crippen molar-refractivity contribution >= 4 is 47.9 Å². The molecular weight excluding hydrogens is 710 g/mol. The highest BCUT2D eigenvalue weighted by Gasteiger charge is 2.46. The number of nitrogens with zero attached hydrogens (tertiary/aromatic N) is 5. The summed E-state index contributed by atoms with van der Waals surface area (Å²) in [4.78, 5) is 43.3. The van der Waals surface area contributed by atoms with E-state index in [1.807, 2.05) is 62.1 Å². The van der Waals surface area contributed by atoms with Gasteiger partial charge in [-0.3, -0.25) is 9.88 Å². The van der Waals surface area contributed by atoms with Crippen LogP contribution in [0.4, 0.5) is 15.0 Å². The van der Waals surface area contributed by atoms with Gasteiger partial charge in [-0.25, -0.2) is 9.18 Å². The molecule has 2 atom stereocenters. The number of carbonyl (C=O) groups is 2. The van der Waals surface area contributed by atoms with Crippen LogP contribution < -0.4 is 9.64 Å². The van der Waals surface area contributed by atoms with E-state index in [-0.39, 0.29) is 42.0 Å². The number of hydrogen-bond donors (Lipinski definition) is 0. The zero-order valence-corrected chi connectivity index (χ0v) is 34.7. The number of anilines is 1. The predicted octanol–water partition coefficient (Wildman–Crippen LogP) is 9.50. The molecule has 2 unspecified atom stereocenters. The second-order valence-electron chi connectivity index (χ2n) is 17.8. The Labute approximate surface area is 325 Å². The fraction of sp³-hybridized carbons (Fsp3) is 0.523. The molecule has 2 bridgehead atoms. The second kappa shape index (κ2) is 14.5. The summed E-state index contributed by atoms with van der Waals surface area (Å²) in [5.41, 5.74) is 5.85. The number of carbonyl (C=O) groups excluding carboxylic acids is 2. The lowest BCUT2D eigenvalue weighted by atomic mass is 9.96. The SMILES string of the molecule is CC(C)[Si](C#Cc1cccc2cccc(-c3ncc4c(N5CC6CCC(C5)N6C(=O)OC(C)(C)C)nc(OCC5(C=O)CC5)nc4c3F)c12)(C(C)C)C(C)C. The van der Waals surface area contributed by atoms with Gasteiger partial charge in [0.15, 0.2) is 5.82 Å². The Hall–Kier alpha value is -4.56. The first-order valence-corrected chi connectivity index (χ1v) is 22.1.